The third-order valence-electron chi connectivity index (χ3n) is 5.39. The maximum atomic E-state index is 13.0. The molecule has 0 aliphatic carbocycles. The van der Waals surface area contributed by atoms with Crippen LogP contribution < -0.4 is 5.32 Å². The monoisotopic (exact) mass is 389 g/mol. The highest BCUT2D eigenvalue weighted by Crippen LogP contribution is 2.25. The van der Waals surface area contributed by atoms with Crippen molar-refractivity contribution in [1.82, 2.24) is 15.1 Å². The number of aromatic nitrogens is 2. The Labute approximate surface area is 174 Å². The van der Waals surface area contributed by atoms with Gasteiger partial charge < -0.3 is 5.32 Å². The summed E-state index contributed by atoms with van der Waals surface area (Å²) in [6, 6.07) is 14.4. The van der Waals surface area contributed by atoms with Gasteiger partial charge >= 0.3 is 0 Å². The van der Waals surface area contributed by atoms with Gasteiger partial charge in [-0.25, -0.2) is 4.68 Å². The molecule has 2 aromatic carbocycles. The number of amides is 1. The molecule has 0 atom stereocenters. The van der Waals surface area contributed by atoms with Crippen LogP contribution in [0.2, 0.25) is 0 Å². The van der Waals surface area contributed by atoms with E-state index in [1.54, 1.807) is 4.68 Å². The molecule has 1 aromatic heterocycles. The van der Waals surface area contributed by atoms with Crippen LogP contribution >= 0.6 is 0 Å². The highest BCUT2D eigenvalue weighted by Gasteiger charge is 2.18. The summed E-state index contributed by atoms with van der Waals surface area (Å²) in [6.45, 7) is 11.2. The molecule has 0 aliphatic heterocycles. The molecular weight excluding hydrogens is 358 g/mol. The number of unbranched alkanes of at least 4 members (excludes halogenated alkanes) is 2. The van der Waals surface area contributed by atoms with Crippen molar-refractivity contribution in [2.45, 2.75) is 53.9 Å². The van der Waals surface area contributed by atoms with Crippen molar-refractivity contribution < 1.29 is 4.79 Å². The Bertz CT molecular complexity index is 1020. The Hall–Kier alpha value is -2.88. The van der Waals surface area contributed by atoms with Gasteiger partial charge in [0.05, 0.1) is 11.4 Å². The fourth-order valence-electron chi connectivity index (χ4n) is 3.48. The van der Waals surface area contributed by atoms with Crippen LogP contribution in [0.15, 0.2) is 42.5 Å². The third kappa shape index (κ3) is 4.76. The summed E-state index contributed by atoms with van der Waals surface area (Å²) >= 11 is 0. The number of nitrogens with one attached hydrogen (secondary N) is 1. The summed E-state index contributed by atoms with van der Waals surface area (Å²) in [6.07, 6.45) is 3.24. The lowest BCUT2D eigenvalue weighted by atomic mass is 10.0. The molecular formula is C25H31N3O. The smallest absolute Gasteiger partial charge is 0.270 e. The van der Waals surface area contributed by atoms with Crippen LogP contribution in [0.3, 0.4) is 0 Å². The van der Waals surface area contributed by atoms with Crippen LogP contribution in [0.1, 0.15) is 58.9 Å². The summed E-state index contributed by atoms with van der Waals surface area (Å²) < 4.78 is 1.79. The first kappa shape index (κ1) is 20.8. The van der Waals surface area contributed by atoms with Gasteiger partial charge in [0.1, 0.15) is 5.69 Å². The number of rotatable bonds is 7. The molecule has 3 aromatic rings. The number of carbonyl (C=O) groups is 1. The molecule has 4 nitrogen and oxygen atoms in total. The van der Waals surface area contributed by atoms with Gasteiger partial charge in [0, 0.05) is 12.1 Å². The molecule has 1 amide bonds. The molecule has 0 spiro atoms. The molecule has 1 N–H and O–H groups in total. The second-order valence-corrected chi connectivity index (χ2v) is 7.88. The Morgan fingerprint density at radius 3 is 2.41 bits per heavy atom. The van der Waals surface area contributed by atoms with E-state index in [0.717, 1.165) is 41.8 Å². The van der Waals surface area contributed by atoms with Gasteiger partial charge in [-0.2, -0.15) is 5.10 Å². The molecule has 0 bridgehead atoms. The maximum Gasteiger partial charge on any atom is 0.270 e. The van der Waals surface area contributed by atoms with Crippen LogP contribution in [0.5, 0.6) is 0 Å². The van der Waals surface area contributed by atoms with Crippen LogP contribution in [0.25, 0.3) is 16.9 Å². The van der Waals surface area contributed by atoms with Crippen molar-refractivity contribution in [3.8, 4) is 16.9 Å². The Morgan fingerprint density at radius 2 is 1.72 bits per heavy atom. The van der Waals surface area contributed by atoms with Gasteiger partial charge in [-0.15, -0.1) is 0 Å². The van der Waals surface area contributed by atoms with E-state index >= 15 is 0 Å². The predicted octanol–water partition coefficient (Wildman–Crippen LogP) is 5.69. The fourth-order valence-corrected chi connectivity index (χ4v) is 3.48. The zero-order valence-electron chi connectivity index (χ0n) is 18.2. The van der Waals surface area contributed by atoms with Crippen molar-refractivity contribution in [2.24, 2.45) is 0 Å². The molecule has 4 heteroatoms. The number of benzene rings is 2. The zero-order chi connectivity index (χ0) is 21.0. The van der Waals surface area contributed by atoms with E-state index in [1.165, 1.54) is 16.7 Å². The van der Waals surface area contributed by atoms with E-state index < -0.39 is 0 Å². The normalized spacial score (nSPS) is 10.9. The average Bonchev–Trinajstić information content (AvgIpc) is 3.12. The molecule has 0 unspecified atom stereocenters. The van der Waals surface area contributed by atoms with Crippen LogP contribution in [-0.2, 0) is 0 Å². The van der Waals surface area contributed by atoms with Crippen molar-refractivity contribution in [3.63, 3.8) is 0 Å². The van der Waals surface area contributed by atoms with Gasteiger partial charge in [-0.3, -0.25) is 4.79 Å². The van der Waals surface area contributed by atoms with Crippen LogP contribution in [0, 0.1) is 27.7 Å². The molecule has 152 valence electrons. The van der Waals surface area contributed by atoms with Gasteiger partial charge in [-0.05, 0) is 69.0 Å². The predicted molar refractivity (Wildman–Crippen MR) is 120 cm³/mol. The molecule has 0 fully saturated rings. The lowest BCUT2D eigenvalue weighted by Crippen LogP contribution is -2.27. The zero-order valence-corrected chi connectivity index (χ0v) is 18.2. The van der Waals surface area contributed by atoms with E-state index in [1.807, 2.05) is 12.1 Å². The molecule has 0 saturated carbocycles. The third-order valence-corrected chi connectivity index (χ3v) is 5.39. The second kappa shape index (κ2) is 9.08. The lowest BCUT2D eigenvalue weighted by molar-refractivity contribution is 0.0945. The van der Waals surface area contributed by atoms with Gasteiger partial charge in [0.25, 0.3) is 5.91 Å². The molecule has 1 heterocycles. The summed E-state index contributed by atoms with van der Waals surface area (Å²) in [7, 11) is 0. The van der Waals surface area contributed by atoms with E-state index in [4.69, 9.17) is 5.10 Å². The van der Waals surface area contributed by atoms with Crippen LogP contribution in [0.4, 0.5) is 0 Å². The minimum absolute atomic E-state index is 0.0799. The standard InChI is InChI=1S/C25H31N3O/c1-6-7-8-13-26-25(29)24-16-22(21-11-10-18(3)19(4)15-21)27-28(24)23-12-9-17(2)14-20(23)5/h9-12,14-16H,6-8,13H2,1-5H3,(H,26,29). The number of nitrogens with zero attached hydrogens (tertiary/aromatic N) is 2. The summed E-state index contributed by atoms with van der Waals surface area (Å²) in [5.41, 5.74) is 8.10. The highest BCUT2D eigenvalue weighted by molar-refractivity contribution is 5.94. The van der Waals surface area contributed by atoms with E-state index in [-0.39, 0.29) is 5.91 Å². The highest BCUT2D eigenvalue weighted by atomic mass is 16.2. The van der Waals surface area contributed by atoms with E-state index in [9.17, 15) is 4.79 Å². The Balaban J connectivity index is 2.03. The van der Waals surface area contributed by atoms with Crippen molar-refractivity contribution in [3.05, 3.63) is 70.4 Å². The average molecular weight is 390 g/mol. The topological polar surface area (TPSA) is 46.9 Å². The molecule has 29 heavy (non-hydrogen) atoms. The van der Waals surface area contributed by atoms with E-state index in [0.29, 0.717) is 12.2 Å². The van der Waals surface area contributed by atoms with Crippen molar-refractivity contribution in [2.75, 3.05) is 6.54 Å². The Morgan fingerprint density at radius 1 is 0.931 bits per heavy atom. The van der Waals surface area contributed by atoms with Crippen LogP contribution in [-0.4, -0.2) is 22.2 Å². The SMILES string of the molecule is CCCCCNC(=O)c1cc(-c2ccc(C)c(C)c2)nn1-c1ccc(C)cc1C. The first-order chi connectivity index (χ1) is 13.9. The number of aryl methyl sites for hydroxylation is 4. The Kier molecular flexibility index (Phi) is 6.53. The van der Waals surface area contributed by atoms with E-state index in [2.05, 4.69) is 70.3 Å². The first-order valence-corrected chi connectivity index (χ1v) is 10.4. The molecule has 0 radical (unpaired) electrons. The van der Waals surface area contributed by atoms with Gasteiger partial charge in [0.15, 0.2) is 0 Å². The largest absolute Gasteiger partial charge is 0.351 e. The second-order valence-electron chi connectivity index (χ2n) is 7.88. The summed E-state index contributed by atoms with van der Waals surface area (Å²) in [5, 5.41) is 7.89. The summed E-state index contributed by atoms with van der Waals surface area (Å²) in [5.74, 6) is -0.0799. The quantitative estimate of drug-likeness (QED) is 0.527. The van der Waals surface area contributed by atoms with Gasteiger partial charge in [0.2, 0.25) is 0 Å². The number of hydrogen-bond donors (Lipinski definition) is 1. The minimum atomic E-state index is -0.0799. The van der Waals surface area contributed by atoms with Crippen molar-refractivity contribution in [1.29, 1.82) is 0 Å². The molecule has 0 saturated heterocycles. The summed E-state index contributed by atoms with van der Waals surface area (Å²) in [4.78, 5) is 13.0. The maximum absolute atomic E-state index is 13.0. The molecule has 3 rings (SSSR count). The van der Waals surface area contributed by atoms with Crippen molar-refractivity contribution >= 4 is 5.91 Å². The minimum Gasteiger partial charge on any atom is -0.351 e. The fraction of sp³-hybridized carbons (Fsp3) is 0.360. The number of carbonyl (C=O) groups excluding carboxylic acids is 1. The number of hydrogen-bond acceptors (Lipinski definition) is 2. The first-order valence-electron chi connectivity index (χ1n) is 10.4. The molecule has 0 aliphatic rings. The lowest BCUT2D eigenvalue weighted by Gasteiger charge is -2.11. The van der Waals surface area contributed by atoms with Gasteiger partial charge in [-0.1, -0.05) is 49.6 Å².